The molecule has 1 N–H and O–H groups in total. The molecule has 0 aliphatic rings. The van der Waals surface area contributed by atoms with Gasteiger partial charge < -0.3 is 5.32 Å². The van der Waals surface area contributed by atoms with Crippen molar-refractivity contribution in [1.82, 2.24) is 4.98 Å². The van der Waals surface area contributed by atoms with Crippen molar-refractivity contribution in [3.8, 4) is 0 Å². The predicted molar refractivity (Wildman–Crippen MR) is 98.6 cm³/mol. The van der Waals surface area contributed by atoms with Crippen LogP contribution in [0.25, 0.3) is 10.9 Å². The molecule has 2 aromatic carbocycles. The normalized spacial score (nSPS) is 12.1. The van der Waals surface area contributed by atoms with Gasteiger partial charge in [0, 0.05) is 33.9 Å². The predicted octanol–water partition coefficient (Wildman–Crippen LogP) is 3.67. The molecule has 4 nitrogen and oxygen atoms in total. The number of nitrogens with zero attached hydrogens (tertiary/aromatic N) is 1. The maximum Gasteiger partial charge on any atom is 0.274 e. The van der Waals surface area contributed by atoms with Gasteiger partial charge in [0.15, 0.2) is 0 Å². The van der Waals surface area contributed by atoms with E-state index in [1.807, 2.05) is 55.5 Å². The fourth-order valence-electron chi connectivity index (χ4n) is 2.57. The minimum absolute atomic E-state index is 0.251. The zero-order valence-electron chi connectivity index (χ0n) is 13.6. The van der Waals surface area contributed by atoms with Gasteiger partial charge in [-0.15, -0.1) is 0 Å². The molecule has 24 heavy (non-hydrogen) atoms. The number of anilines is 1. The Morgan fingerprint density at radius 2 is 1.88 bits per heavy atom. The number of benzene rings is 2. The van der Waals surface area contributed by atoms with Crippen molar-refractivity contribution >= 4 is 33.3 Å². The molecule has 5 heteroatoms. The van der Waals surface area contributed by atoms with Crippen LogP contribution in [0.2, 0.25) is 0 Å². The Bertz CT molecular complexity index is 938. The number of nitrogens with one attached hydrogen (secondary N) is 1. The fraction of sp³-hybridized carbons (Fsp3) is 0.158. The Labute approximate surface area is 143 Å². The van der Waals surface area contributed by atoms with Crippen LogP contribution in [-0.2, 0) is 16.6 Å². The topological polar surface area (TPSA) is 59.1 Å². The van der Waals surface area contributed by atoms with E-state index in [0.717, 1.165) is 27.7 Å². The van der Waals surface area contributed by atoms with Gasteiger partial charge in [0.2, 0.25) is 0 Å². The molecule has 0 saturated carbocycles. The minimum atomic E-state index is -0.925. The average Bonchev–Trinajstić information content (AvgIpc) is 2.57. The summed E-state index contributed by atoms with van der Waals surface area (Å²) in [7, 11) is -0.925. The Balaban J connectivity index is 1.87. The third-order valence-electron chi connectivity index (χ3n) is 3.88. The summed E-state index contributed by atoms with van der Waals surface area (Å²) < 4.78 is 11.5. The molecule has 122 valence electrons. The van der Waals surface area contributed by atoms with Crippen LogP contribution in [0.4, 0.5) is 5.69 Å². The van der Waals surface area contributed by atoms with Crippen molar-refractivity contribution in [3.63, 3.8) is 0 Å². The summed E-state index contributed by atoms with van der Waals surface area (Å²) >= 11 is 0. The van der Waals surface area contributed by atoms with Gasteiger partial charge in [-0.2, -0.15) is 0 Å². The van der Waals surface area contributed by atoms with Gasteiger partial charge >= 0.3 is 0 Å². The monoisotopic (exact) mass is 338 g/mol. The molecule has 0 aliphatic carbocycles. The van der Waals surface area contributed by atoms with Gasteiger partial charge in [-0.25, -0.2) is 4.98 Å². The zero-order chi connectivity index (χ0) is 17.1. The number of pyridine rings is 1. The Morgan fingerprint density at radius 1 is 1.08 bits per heavy atom. The molecule has 1 heterocycles. The molecule has 1 amide bonds. The lowest BCUT2D eigenvalue weighted by atomic mass is 10.1. The van der Waals surface area contributed by atoms with Crippen LogP contribution in [-0.4, -0.2) is 21.4 Å². The molecule has 0 fully saturated rings. The molecule has 3 aromatic rings. The summed E-state index contributed by atoms with van der Waals surface area (Å²) in [4.78, 5) is 16.9. The van der Waals surface area contributed by atoms with Crippen LogP contribution >= 0.6 is 0 Å². The van der Waals surface area contributed by atoms with Crippen LogP contribution in [0.1, 0.15) is 21.6 Å². The lowest BCUT2D eigenvalue weighted by molar-refractivity contribution is 0.102. The van der Waals surface area contributed by atoms with Gasteiger partial charge in [-0.1, -0.05) is 36.4 Å². The van der Waals surface area contributed by atoms with Gasteiger partial charge in [0.05, 0.1) is 5.52 Å². The zero-order valence-corrected chi connectivity index (χ0v) is 14.4. The Hall–Kier alpha value is -2.53. The highest BCUT2D eigenvalue weighted by molar-refractivity contribution is 7.83. The van der Waals surface area contributed by atoms with E-state index >= 15 is 0 Å². The number of amides is 1. The van der Waals surface area contributed by atoms with Crippen LogP contribution in [0.3, 0.4) is 0 Å². The maximum absolute atomic E-state index is 12.5. The molecule has 0 aliphatic heterocycles. The van der Waals surface area contributed by atoms with E-state index in [9.17, 15) is 9.00 Å². The lowest BCUT2D eigenvalue weighted by Gasteiger charge is -2.12. The summed E-state index contributed by atoms with van der Waals surface area (Å²) in [6.45, 7) is 1.92. The quantitative estimate of drug-likeness (QED) is 0.789. The smallest absolute Gasteiger partial charge is 0.274 e. The first-order chi connectivity index (χ1) is 11.5. The van der Waals surface area contributed by atoms with Gasteiger partial charge in [0.25, 0.3) is 5.91 Å². The largest absolute Gasteiger partial charge is 0.320 e. The Morgan fingerprint density at radius 3 is 2.67 bits per heavy atom. The number of rotatable bonds is 4. The van der Waals surface area contributed by atoms with Crippen molar-refractivity contribution in [2.24, 2.45) is 0 Å². The van der Waals surface area contributed by atoms with Gasteiger partial charge in [0.1, 0.15) is 5.69 Å². The van der Waals surface area contributed by atoms with Crippen LogP contribution in [0.5, 0.6) is 0 Å². The van der Waals surface area contributed by atoms with E-state index in [0.29, 0.717) is 11.4 Å². The van der Waals surface area contributed by atoms with Crippen molar-refractivity contribution in [3.05, 3.63) is 71.4 Å². The average molecular weight is 338 g/mol. The highest BCUT2D eigenvalue weighted by atomic mass is 32.2. The van der Waals surface area contributed by atoms with Crippen LogP contribution in [0.15, 0.2) is 54.6 Å². The van der Waals surface area contributed by atoms with E-state index in [1.165, 1.54) is 0 Å². The molecule has 1 atom stereocenters. The molecule has 0 bridgehead atoms. The lowest BCUT2D eigenvalue weighted by Crippen LogP contribution is -2.15. The molecular weight excluding hydrogens is 320 g/mol. The second kappa shape index (κ2) is 6.93. The first kappa shape index (κ1) is 16.3. The number of carbonyl (C=O) groups is 1. The highest BCUT2D eigenvalue weighted by Gasteiger charge is 2.12. The molecule has 1 unspecified atom stereocenters. The van der Waals surface area contributed by atoms with E-state index in [4.69, 9.17) is 0 Å². The number of hydrogen-bond donors (Lipinski definition) is 1. The van der Waals surface area contributed by atoms with Crippen LogP contribution in [0, 0.1) is 6.92 Å². The fourth-order valence-corrected chi connectivity index (χ4v) is 3.32. The molecular formula is C19H18N2O2S. The molecule has 1 aromatic heterocycles. The third kappa shape index (κ3) is 3.51. The molecule has 3 rings (SSSR count). The van der Waals surface area contributed by atoms with Crippen molar-refractivity contribution in [2.75, 3.05) is 11.6 Å². The third-order valence-corrected chi connectivity index (χ3v) is 4.60. The summed E-state index contributed by atoms with van der Waals surface area (Å²) in [5.41, 5.74) is 3.79. The minimum Gasteiger partial charge on any atom is -0.320 e. The molecule has 0 radical (unpaired) electrons. The van der Waals surface area contributed by atoms with Crippen molar-refractivity contribution in [2.45, 2.75) is 12.7 Å². The second-order valence-electron chi connectivity index (χ2n) is 5.65. The number of para-hydroxylation sites is 1. The second-order valence-corrected chi connectivity index (χ2v) is 7.09. The standard InChI is InChI=1S/C19H18N2O2S/c1-13-15(12-24(2)23)7-5-9-16(13)21-19(22)18-11-10-14-6-3-4-8-17(14)20-18/h3-11H,12H2,1-2H3,(H,21,22). The van der Waals surface area contributed by atoms with Crippen LogP contribution < -0.4 is 5.32 Å². The summed E-state index contributed by atoms with van der Waals surface area (Å²) in [6, 6.07) is 16.9. The van der Waals surface area contributed by atoms with E-state index in [-0.39, 0.29) is 5.91 Å². The van der Waals surface area contributed by atoms with Crippen molar-refractivity contribution in [1.29, 1.82) is 0 Å². The Kier molecular flexibility index (Phi) is 4.71. The first-order valence-corrected chi connectivity index (χ1v) is 9.33. The van der Waals surface area contributed by atoms with Crippen molar-refractivity contribution < 1.29 is 9.00 Å². The summed E-state index contributed by atoms with van der Waals surface area (Å²) in [5, 5.41) is 3.90. The molecule has 0 saturated heterocycles. The van der Waals surface area contributed by atoms with Gasteiger partial charge in [-0.3, -0.25) is 9.00 Å². The highest BCUT2D eigenvalue weighted by Crippen LogP contribution is 2.21. The number of fused-ring (bicyclic) bond motifs is 1. The van der Waals surface area contributed by atoms with E-state index in [1.54, 1.807) is 12.3 Å². The maximum atomic E-state index is 12.5. The number of hydrogen-bond acceptors (Lipinski definition) is 3. The van der Waals surface area contributed by atoms with E-state index in [2.05, 4.69) is 10.3 Å². The van der Waals surface area contributed by atoms with Gasteiger partial charge in [-0.05, 0) is 36.2 Å². The number of carbonyl (C=O) groups excluding carboxylic acids is 1. The first-order valence-electron chi connectivity index (χ1n) is 7.60. The van der Waals surface area contributed by atoms with E-state index < -0.39 is 10.8 Å². The summed E-state index contributed by atoms with van der Waals surface area (Å²) in [6.07, 6.45) is 1.67. The number of aromatic nitrogens is 1. The SMILES string of the molecule is Cc1c(CS(C)=O)cccc1NC(=O)c1ccc2ccccc2n1. The summed E-state index contributed by atoms with van der Waals surface area (Å²) in [5.74, 6) is 0.225. The molecule has 0 spiro atoms.